The first-order chi connectivity index (χ1) is 9.26. The molecular weight excluding hydrogens is 332 g/mol. The summed E-state index contributed by atoms with van der Waals surface area (Å²) in [5.74, 6) is -1.40. The summed E-state index contributed by atoms with van der Waals surface area (Å²) in [5, 5.41) is 10.6. The van der Waals surface area contributed by atoms with Gasteiger partial charge in [-0.05, 0) is 32.9 Å². The summed E-state index contributed by atoms with van der Waals surface area (Å²) >= 11 is 3.01. The van der Waals surface area contributed by atoms with Gasteiger partial charge in [-0.25, -0.2) is 8.78 Å². The van der Waals surface area contributed by atoms with Crippen LogP contribution in [0, 0.1) is 11.6 Å². The fourth-order valence-corrected chi connectivity index (χ4v) is 1.92. The third-order valence-electron chi connectivity index (χ3n) is 2.46. The molecule has 7 heteroatoms. The molecule has 0 saturated heterocycles. The van der Waals surface area contributed by atoms with Crippen LogP contribution in [-0.4, -0.2) is 15.7 Å². The van der Waals surface area contributed by atoms with Crippen LogP contribution < -0.4 is 5.32 Å². The van der Waals surface area contributed by atoms with Crippen LogP contribution in [0.4, 0.5) is 8.78 Å². The van der Waals surface area contributed by atoms with E-state index >= 15 is 0 Å². The number of aromatic nitrogens is 2. The van der Waals surface area contributed by atoms with Crippen LogP contribution in [0.25, 0.3) is 11.5 Å². The Bertz CT molecular complexity index is 599. The lowest BCUT2D eigenvalue weighted by Crippen LogP contribution is -2.35. The summed E-state index contributed by atoms with van der Waals surface area (Å²) in [6.45, 7) is 6.28. The van der Waals surface area contributed by atoms with Gasteiger partial charge in [0, 0.05) is 10.0 Å². The second-order valence-corrected chi connectivity index (χ2v) is 6.26. The van der Waals surface area contributed by atoms with Crippen LogP contribution in [0.15, 0.2) is 21.0 Å². The van der Waals surface area contributed by atoms with Crippen LogP contribution in [0.2, 0.25) is 0 Å². The SMILES string of the molecule is CC(C)(C)NCc1nnc(-c2c(F)cc(Br)cc2F)o1. The fourth-order valence-electron chi connectivity index (χ4n) is 1.51. The minimum Gasteiger partial charge on any atom is -0.419 e. The largest absolute Gasteiger partial charge is 0.419 e. The smallest absolute Gasteiger partial charge is 0.253 e. The lowest BCUT2D eigenvalue weighted by molar-refractivity contribution is 0.383. The molecule has 0 radical (unpaired) electrons. The number of hydrogen-bond acceptors (Lipinski definition) is 4. The first kappa shape index (κ1) is 15.1. The Morgan fingerprint density at radius 2 is 1.80 bits per heavy atom. The van der Waals surface area contributed by atoms with Crippen molar-refractivity contribution in [2.24, 2.45) is 0 Å². The molecule has 0 spiro atoms. The summed E-state index contributed by atoms with van der Waals surface area (Å²) in [6.07, 6.45) is 0. The molecule has 1 aromatic heterocycles. The summed E-state index contributed by atoms with van der Waals surface area (Å²) in [5.41, 5.74) is -0.439. The Morgan fingerprint density at radius 3 is 2.35 bits per heavy atom. The molecule has 1 aromatic carbocycles. The van der Waals surface area contributed by atoms with E-state index in [0.29, 0.717) is 11.0 Å². The standard InChI is InChI=1S/C13H14BrF2N3O/c1-13(2,3)17-6-10-18-19-12(20-10)11-8(15)4-7(14)5-9(11)16/h4-5,17H,6H2,1-3H3. The van der Waals surface area contributed by atoms with Crippen molar-refractivity contribution in [2.75, 3.05) is 0 Å². The summed E-state index contributed by atoms with van der Waals surface area (Å²) in [7, 11) is 0. The fraction of sp³-hybridized carbons (Fsp3) is 0.385. The molecule has 0 amide bonds. The van der Waals surface area contributed by atoms with Gasteiger partial charge in [0.15, 0.2) is 0 Å². The number of hydrogen-bond donors (Lipinski definition) is 1. The molecular formula is C13H14BrF2N3O. The predicted octanol–water partition coefficient (Wildman–Crippen LogP) is 3.67. The lowest BCUT2D eigenvalue weighted by atomic mass is 10.1. The normalized spacial score (nSPS) is 11.9. The minimum atomic E-state index is -0.754. The molecule has 2 aromatic rings. The number of halogens is 3. The molecule has 4 nitrogen and oxygen atoms in total. The third kappa shape index (κ3) is 3.61. The van der Waals surface area contributed by atoms with Gasteiger partial charge in [0.25, 0.3) is 5.89 Å². The van der Waals surface area contributed by atoms with Crippen molar-refractivity contribution in [3.05, 3.63) is 34.1 Å². The number of benzene rings is 1. The molecule has 0 atom stereocenters. The van der Waals surface area contributed by atoms with Crippen LogP contribution in [0.1, 0.15) is 26.7 Å². The van der Waals surface area contributed by atoms with Crippen LogP contribution >= 0.6 is 15.9 Å². The average Bonchev–Trinajstić information content (AvgIpc) is 2.72. The molecule has 0 aliphatic carbocycles. The molecule has 0 unspecified atom stereocenters. The Hall–Kier alpha value is -1.34. The maximum atomic E-state index is 13.8. The highest BCUT2D eigenvalue weighted by Crippen LogP contribution is 2.28. The number of nitrogens with one attached hydrogen (secondary N) is 1. The molecule has 0 aliphatic rings. The highest BCUT2D eigenvalue weighted by Gasteiger charge is 2.19. The monoisotopic (exact) mass is 345 g/mol. The second-order valence-electron chi connectivity index (χ2n) is 5.35. The first-order valence-corrected chi connectivity index (χ1v) is 6.78. The van der Waals surface area contributed by atoms with E-state index in [9.17, 15) is 8.78 Å². The van der Waals surface area contributed by atoms with Crippen molar-refractivity contribution in [2.45, 2.75) is 32.9 Å². The maximum absolute atomic E-state index is 13.8. The van der Waals surface area contributed by atoms with Crippen molar-refractivity contribution in [3.8, 4) is 11.5 Å². The Morgan fingerprint density at radius 1 is 1.20 bits per heavy atom. The van der Waals surface area contributed by atoms with Crippen LogP contribution in [0.3, 0.4) is 0 Å². The van der Waals surface area contributed by atoms with Gasteiger partial charge in [-0.2, -0.15) is 0 Å². The van der Waals surface area contributed by atoms with E-state index in [-0.39, 0.29) is 22.9 Å². The topological polar surface area (TPSA) is 51.0 Å². The van der Waals surface area contributed by atoms with Gasteiger partial charge in [0.05, 0.1) is 6.54 Å². The molecule has 108 valence electrons. The number of nitrogens with zero attached hydrogens (tertiary/aromatic N) is 2. The van der Waals surface area contributed by atoms with E-state index in [1.807, 2.05) is 20.8 Å². The van der Waals surface area contributed by atoms with Gasteiger partial charge in [-0.3, -0.25) is 0 Å². The quantitative estimate of drug-likeness (QED) is 0.922. The Kier molecular flexibility index (Phi) is 4.19. The molecule has 1 heterocycles. The van der Waals surface area contributed by atoms with Gasteiger partial charge in [-0.1, -0.05) is 15.9 Å². The Balaban J connectivity index is 2.25. The van der Waals surface area contributed by atoms with Gasteiger partial charge in [-0.15, -0.1) is 10.2 Å². The average molecular weight is 346 g/mol. The van der Waals surface area contributed by atoms with E-state index < -0.39 is 11.6 Å². The predicted molar refractivity (Wildman–Crippen MR) is 73.9 cm³/mol. The molecule has 0 fully saturated rings. The molecule has 0 aliphatic heterocycles. The zero-order chi connectivity index (χ0) is 14.9. The molecule has 0 bridgehead atoms. The van der Waals surface area contributed by atoms with Gasteiger partial charge < -0.3 is 9.73 Å². The van der Waals surface area contributed by atoms with E-state index in [4.69, 9.17) is 4.42 Å². The van der Waals surface area contributed by atoms with Crippen molar-refractivity contribution >= 4 is 15.9 Å². The van der Waals surface area contributed by atoms with E-state index in [1.165, 1.54) is 0 Å². The van der Waals surface area contributed by atoms with Crippen molar-refractivity contribution in [3.63, 3.8) is 0 Å². The summed E-state index contributed by atoms with van der Waals surface area (Å²) in [4.78, 5) is 0. The van der Waals surface area contributed by atoms with Gasteiger partial charge >= 0.3 is 0 Å². The van der Waals surface area contributed by atoms with E-state index in [1.54, 1.807) is 0 Å². The summed E-state index contributed by atoms with van der Waals surface area (Å²) < 4.78 is 33.1. The maximum Gasteiger partial charge on any atom is 0.253 e. The zero-order valence-electron chi connectivity index (χ0n) is 11.3. The minimum absolute atomic E-state index is 0.122. The molecule has 0 saturated carbocycles. The highest BCUT2D eigenvalue weighted by atomic mass is 79.9. The Labute approximate surface area is 123 Å². The zero-order valence-corrected chi connectivity index (χ0v) is 12.9. The second kappa shape index (κ2) is 5.57. The highest BCUT2D eigenvalue weighted by molar-refractivity contribution is 9.10. The lowest BCUT2D eigenvalue weighted by Gasteiger charge is -2.18. The van der Waals surface area contributed by atoms with Crippen molar-refractivity contribution in [1.29, 1.82) is 0 Å². The van der Waals surface area contributed by atoms with E-state index in [0.717, 1.165) is 12.1 Å². The molecule has 2 rings (SSSR count). The van der Waals surface area contributed by atoms with Gasteiger partial charge in [0.1, 0.15) is 17.2 Å². The van der Waals surface area contributed by atoms with Crippen molar-refractivity contribution in [1.82, 2.24) is 15.5 Å². The van der Waals surface area contributed by atoms with Crippen LogP contribution in [0.5, 0.6) is 0 Å². The molecule has 1 N–H and O–H groups in total. The van der Waals surface area contributed by atoms with Crippen LogP contribution in [-0.2, 0) is 6.54 Å². The summed E-state index contributed by atoms with van der Waals surface area (Å²) in [6, 6.07) is 2.30. The third-order valence-corrected chi connectivity index (χ3v) is 2.92. The first-order valence-electron chi connectivity index (χ1n) is 5.98. The number of rotatable bonds is 3. The van der Waals surface area contributed by atoms with Crippen molar-refractivity contribution < 1.29 is 13.2 Å². The van der Waals surface area contributed by atoms with E-state index in [2.05, 4.69) is 31.4 Å². The van der Waals surface area contributed by atoms with Gasteiger partial charge in [0.2, 0.25) is 5.89 Å². The molecule has 20 heavy (non-hydrogen) atoms.